The van der Waals surface area contributed by atoms with E-state index in [1.807, 2.05) is 26.0 Å². The van der Waals surface area contributed by atoms with E-state index in [1.54, 1.807) is 12.1 Å². The van der Waals surface area contributed by atoms with Crippen molar-refractivity contribution >= 4 is 17.7 Å². The molecule has 0 unspecified atom stereocenters. The lowest BCUT2D eigenvalue weighted by molar-refractivity contribution is 0.0851. The van der Waals surface area contributed by atoms with Crippen LogP contribution in [0.1, 0.15) is 37.0 Å². The molecule has 0 atom stereocenters. The fourth-order valence-electron chi connectivity index (χ4n) is 1.99. The second kappa shape index (κ2) is 8.71. The Morgan fingerprint density at radius 2 is 2.14 bits per heavy atom. The number of aliphatic hydroxyl groups excluding tert-OH is 1. The van der Waals surface area contributed by atoms with Crippen LogP contribution in [0, 0.1) is 16.7 Å². The van der Waals surface area contributed by atoms with E-state index in [4.69, 9.17) is 5.26 Å². The first-order valence-corrected chi connectivity index (χ1v) is 8.08. The lowest BCUT2D eigenvalue weighted by atomic mass is 9.83. The summed E-state index contributed by atoms with van der Waals surface area (Å²) in [5.74, 6) is 0.221. The lowest BCUT2D eigenvalue weighted by Gasteiger charge is -2.29. The van der Waals surface area contributed by atoms with Gasteiger partial charge in [0.05, 0.1) is 18.4 Å². The SMILES string of the molecule is CCC(CC)(CO)CNC(=O)c1cccc(SCC#N)c1. The Morgan fingerprint density at radius 1 is 1.43 bits per heavy atom. The van der Waals surface area contributed by atoms with Crippen LogP contribution in [0.5, 0.6) is 0 Å². The van der Waals surface area contributed by atoms with Crippen LogP contribution in [0.25, 0.3) is 0 Å². The van der Waals surface area contributed by atoms with E-state index in [-0.39, 0.29) is 17.9 Å². The summed E-state index contributed by atoms with van der Waals surface area (Å²) in [6, 6.07) is 9.31. The van der Waals surface area contributed by atoms with Gasteiger partial charge in [0.2, 0.25) is 0 Å². The van der Waals surface area contributed by atoms with Gasteiger partial charge >= 0.3 is 0 Å². The van der Waals surface area contributed by atoms with Crippen molar-refractivity contribution in [2.24, 2.45) is 5.41 Å². The molecule has 1 amide bonds. The minimum Gasteiger partial charge on any atom is -0.396 e. The third kappa shape index (κ3) is 5.07. The van der Waals surface area contributed by atoms with Gasteiger partial charge in [0.15, 0.2) is 0 Å². The molecule has 21 heavy (non-hydrogen) atoms. The molecular formula is C16H22N2O2S. The smallest absolute Gasteiger partial charge is 0.251 e. The zero-order valence-corrected chi connectivity index (χ0v) is 13.4. The van der Waals surface area contributed by atoms with Crippen LogP contribution in [0.3, 0.4) is 0 Å². The van der Waals surface area contributed by atoms with Gasteiger partial charge in [-0.15, -0.1) is 11.8 Å². The van der Waals surface area contributed by atoms with Crippen LogP contribution in [0.15, 0.2) is 29.2 Å². The highest BCUT2D eigenvalue weighted by Crippen LogP contribution is 2.24. The normalized spacial score (nSPS) is 11.0. The van der Waals surface area contributed by atoms with Crippen LogP contribution in [0.4, 0.5) is 0 Å². The molecule has 0 spiro atoms. The minimum absolute atomic E-state index is 0.0678. The van der Waals surface area contributed by atoms with Crippen LogP contribution in [-0.4, -0.2) is 29.9 Å². The molecule has 0 aliphatic carbocycles. The second-order valence-corrected chi connectivity index (χ2v) is 6.07. The van der Waals surface area contributed by atoms with Gasteiger partial charge in [-0.1, -0.05) is 19.9 Å². The Hall–Kier alpha value is -1.51. The summed E-state index contributed by atoms with van der Waals surface area (Å²) in [4.78, 5) is 13.1. The first-order chi connectivity index (χ1) is 10.1. The van der Waals surface area contributed by atoms with Gasteiger partial charge in [0, 0.05) is 22.4 Å². The number of thioether (sulfide) groups is 1. The van der Waals surface area contributed by atoms with Crippen LogP contribution in [0.2, 0.25) is 0 Å². The number of carbonyl (C=O) groups is 1. The Labute approximate surface area is 130 Å². The molecule has 0 saturated heterocycles. The van der Waals surface area contributed by atoms with Crippen molar-refractivity contribution in [2.45, 2.75) is 31.6 Å². The summed E-state index contributed by atoms with van der Waals surface area (Å²) in [6.07, 6.45) is 1.64. The third-order valence-corrected chi connectivity index (χ3v) is 4.72. The molecule has 0 radical (unpaired) electrons. The van der Waals surface area contributed by atoms with Gasteiger partial charge in [0.25, 0.3) is 5.91 Å². The average molecular weight is 306 g/mol. The number of nitrogens with zero attached hydrogens (tertiary/aromatic N) is 1. The lowest BCUT2D eigenvalue weighted by Crippen LogP contribution is -2.39. The highest BCUT2D eigenvalue weighted by Gasteiger charge is 2.25. The van der Waals surface area contributed by atoms with E-state index >= 15 is 0 Å². The molecule has 0 aromatic heterocycles. The number of rotatable bonds is 8. The molecule has 5 heteroatoms. The van der Waals surface area contributed by atoms with E-state index in [9.17, 15) is 9.90 Å². The zero-order valence-electron chi connectivity index (χ0n) is 12.6. The van der Waals surface area contributed by atoms with E-state index in [2.05, 4.69) is 11.4 Å². The molecule has 1 rings (SSSR count). The van der Waals surface area contributed by atoms with E-state index < -0.39 is 0 Å². The topological polar surface area (TPSA) is 73.1 Å². The summed E-state index contributed by atoms with van der Waals surface area (Å²) < 4.78 is 0. The first kappa shape index (κ1) is 17.5. The van der Waals surface area contributed by atoms with Crippen molar-refractivity contribution in [1.82, 2.24) is 5.32 Å². The molecule has 0 fully saturated rings. The Balaban J connectivity index is 2.69. The van der Waals surface area contributed by atoms with Gasteiger partial charge < -0.3 is 10.4 Å². The van der Waals surface area contributed by atoms with Gasteiger partial charge in [-0.3, -0.25) is 4.79 Å². The number of benzene rings is 1. The first-order valence-electron chi connectivity index (χ1n) is 7.09. The number of hydrogen-bond donors (Lipinski definition) is 2. The van der Waals surface area contributed by atoms with Crippen molar-refractivity contribution in [3.05, 3.63) is 29.8 Å². The van der Waals surface area contributed by atoms with Crippen LogP contribution >= 0.6 is 11.8 Å². The summed E-state index contributed by atoms with van der Waals surface area (Å²) >= 11 is 1.41. The van der Waals surface area contributed by atoms with Gasteiger partial charge in [0.1, 0.15) is 0 Å². The molecule has 2 N–H and O–H groups in total. The molecule has 0 aliphatic rings. The molecule has 0 heterocycles. The van der Waals surface area contributed by atoms with Gasteiger partial charge in [-0.25, -0.2) is 0 Å². The fourth-order valence-corrected chi connectivity index (χ4v) is 2.61. The maximum absolute atomic E-state index is 12.2. The monoisotopic (exact) mass is 306 g/mol. The Bertz CT molecular complexity index is 499. The zero-order chi connectivity index (χ0) is 15.7. The highest BCUT2D eigenvalue weighted by molar-refractivity contribution is 7.99. The van der Waals surface area contributed by atoms with Crippen LogP contribution in [-0.2, 0) is 0 Å². The van der Waals surface area contributed by atoms with Crippen molar-refractivity contribution in [3.63, 3.8) is 0 Å². The third-order valence-electron chi connectivity index (χ3n) is 3.86. The fraction of sp³-hybridized carbons (Fsp3) is 0.500. The van der Waals surface area contributed by atoms with Crippen LogP contribution < -0.4 is 5.32 Å². The molecule has 1 aromatic rings. The standard InChI is InChI=1S/C16H22N2O2S/c1-3-16(4-2,12-19)11-18-15(20)13-6-5-7-14(10-13)21-9-8-17/h5-7,10,19H,3-4,9,11-12H2,1-2H3,(H,18,20). The molecular weight excluding hydrogens is 284 g/mol. The molecule has 0 saturated carbocycles. The molecule has 1 aromatic carbocycles. The quantitative estimate of drug-likeness (QED) is 0.724. The number of carbonyl (C=O) groups excluding carboxylic acids is 1. The number of nitriles is 1. The molecule has 0 aliphatic heterocycles. The summed E-state index contributed by atoms with van der Waals surface area (Å²) in [5, 5.41) is 21.0. The molecule has 0 bridgehead atoms. The number of aliphatic hydroxyl groups is 1. The summed E-state index contributed by atoms with van der Waals surface area (Å²) in [5.41, 5.74) is 0.333. The van der Waals surface area contributed by atoms with Crippen molar-refractivity contribution in [2.75, 3.05) is 18.9 Å². The molecule has 114 valence electrons. The Kier molecular flexibility index (Phi) is 7.27. The highest BCUT2D eigenvalue weighted by atomic mass is 32.2. The number of hydrogen-bond acceptors (Lipinski definition) is 4. The van der Waals surface area contributed by atoms with Crippen molar-refractivity contribution in [1.29, 1.82) is 5.26 Å². The van der Waals surface area contributed by atoms with Crippen molar-refractivity contribution in [3.8, 4) is 6.07 Å². The summed E-state index contributed by atoms with van der Waals surface area (Å²) in [7, 11) is 0. The number of amides is 1. The predicted octanol–water partition coefficient (Wildman–Crippen LogP) is 2.83. The van der Waals surface area contributed by atoms with Crippen molar-refractivity contribution < 1.29 is 9.90 Å². The molecule has 4 nitrogen and oxygen atoms in total. The number of nitrogens with one attached hydrogen (secondary N) is 1. The van der Waals surface area contributed by atoms with Gasteiger partial charge in [-0.2, -0.15) is 5.26 Å². The van der Waals surface area contributed by atoms with E-state index in [0.717, 1.165) is 17.7 Å². The largest absolute Gasteiger partial charge is 0.396 e. The minimum atomic E-state index is -0.247. The second-order valence-electron chi connectivity index (χ2n) is 5.02. The Morgan fingerprint density at radius 3 is 2.71 bits per heavy atom. The average Bonchev–Trinajstić information content (AvgIpc) is 2.54. The van der Waals surface area contributed by atoms with Gasteiger partial charge in [-0.05, 0) is 31.0 Å². The van der Waals surface area contributed by atoms with E-state index in [1.165, 1.54) is 11.8 Å². The predicted molar refractivity (Wildman–Crippen MR) is 85.2 cm³/mol. The van der Waals surface area contributed by atoms with E-state index in [0.29, 0.717) is 17.9 Å². The maximum Gasteiger partial charge on any atom is 0.251 e. The maximum atomic E-state index is 12.2. The summed E-state index contributed by atoms with van der Waals surface area (Å²) in [6.45, 7) is 4.57.